The molecule has 1 N–H and O–H groups in total. The summed E-state index contributed by atoms with van der Waals surface area (Å²) in [5.41, 5.74) is -0.0545. The molecule has 2 heterocycles. The molecular formula is C13H13F3N2O2S. The van der Waals surface area contributed by atoms with Gasteiger partial charge in [-0.1, -0.05) is 0 Å². The molecule has 1 fully saturated rings. The summed E-state index contributed by atoms with van der Waals surface area (Å²) in [5, 5.41) is 2.53. The fourth-order valence-electron chi connectivity index (χ4n) is 2.74. The van der Waals surface area contributed by atoms with Crippen molar-refractivity contribution in [2.45, 2.75) is 18.6 Å². The number of nitrogens with one attached hydrogen (secondary N) is 1. The lowest BCUT2D eigenvalue weighted by Crippen LogP contribution is -2.47. The van der Waals surface area contributed by atoms with Gasteiger partial charge in [-0.2, -0.15) is 13.2 Å². The van der Waals surface area contributed by atoms with Gasteiger partial charge < -0.3 is 10.2 Å². The molecule has 0 aromatic heterocycles. The highest BCUT2D eigenvalue weighted by Crippen LogP contribution is 2.38. The van der Waals surface area contributed by atoms with Gasteiger partial charge in [0.1, 0.15) is 0 Å². The van der Waals surface area contributed by atoms with Gasteiger partial charge in [0.2, 0.25) is 5.91 Å². The minimum Gasteiger partial charge on any atom is -0.365 e. The third-order valence-electron chi connectivity index (χ3n) is 3.71. The van der Waals surface area contributed by atoms with E-state index in [-0.39, 0.29) is 24.1 Å². The van der Waals surface area contributed by atoms with E-state index in [1.807, 2.05) is 4.90 Å². The first-order valence-electron chi connectivity index (χ1n) is 6.47. The van der Waals surface area contributed by atoms with Gasteiger partial charge >= 0.3 is 6.18 Å². The number of rotatable bonds is 0. The molecule has 2 aliphatic rings. The van der Waals surface area contributed by atoms with Crippen molar-refractivity contribution < 1.29 is 22.2 Å². The molecule has 1 amide bonds. The minimum absolute atomic E-state index is 0.141. The largest absolute Gasteiger partial charge is 0.416 e. The van der Waals surface area contributed by atoms with Crippen LogP contribution in [0.2, 0.25) is 0 Å². The second kappa shape index (κ2) is 5.01. The van der Waals surface area contributed by atoms with Crippen molar-refractivity contribution >= 4 is 28.1 Å². The number of nitrogens with zero attached hydrogens (tertiary/aromatic N) is 1. The lowest BCUT2D eigenvalue weighted by Gasteiger charge is -2.35. The lowest BCUT2D eigenvalue weighted by atomic mass is 10.1. The van der Waals surface area contributed by atoms with E-state index in [0.29, 0.717) is 23.7 Å². The van der Waals surface area contributed by atoms with Gasteiger partial charge in [-0.15, -0.1) is 0 Å². The Balaban J connectivity index is 2.04. The van der Waals surface area contributed by atoms with E-state index in [1.54, 1.807) is 0 Å². The van der Waals surface area contributed by atoms with E-state index in [1.165, 1.54) is 6.07 Å². The summed E-state index contributed by atoms with van der Waals surface area (Å²) in [6.45, 7) is 0.477. The molecule has 1 saturated heterocycles. The molecule has 4 nitrogen and oxygen atoms in total. The molecule has 21 heavy (non-hydrogen) atoms. The molecule has 2 aliphatic heterocycles. The van der Waals surface area contributed by atoms with Gasteiger partial charge in [0, 0.05) is 41.3 Å². The van der Waals surface area contributed by atoms with Crippen molar-refractivity contribution in [2.75, 3.05) is 28.3 Å². The quantitative estimate of drug-likeness (QED) is 0.796. The summed E-state index contributed by atoms with van der Waals surface area (Å²) in [7, 11) is -0.978. The average Bonchev–Trinajstić information content (AvgIpc) is 2.51. The smallest absolute Gasteiger partial charge is 0.365 e. The van der Waals surface area contributed by atoms with Crippen LogP contribution >= 0.6 is 0 Å². The molecule has 3 rings (SSSR count). The number of amides is 1. The Morgan fingerprint density at radius 1 is 1.33 bits per heavy atom. The van der Waals surface area contributed by atoms with Crippen LogP contribution in [0.5, 0.6) is 0 Å². The Bertz CT molecular complexity index is 618. The molecule has 0 aliphatic carbocycles. The van der Waals surface area contributed by atoms with Gasteiger partial charge in [-0.3, -0.25) is 9.00 Å². The van der Waals surface area contributed by atoms with Crippen LogP contribution in [0.4, 0.5) is 24.5 Å². The summed E-state index contributed by atoms with van der Waals surface area (Å²) in [4.78, 5) is 13.7. The Morgan fingerprint density at radius 2 is 2.10 bits per heavy atom. The van der Waals surface area contributed by atoms with Crippen LogP contribution < -0.4 is 10.2 Å². The predicted octanol–water partition coefficient (Wildman–Crippen LogP) is 1.98. The Hall–Kier alpha value is -1.57. The first kappa shape index (κ1) is 14.4. The number of halogens is 3. The van der Waals surface area contributed by atoms with E-state index < -0.39 is 22.5 Å². The SMILES string of the molecule is O=C1CC2CS(=O)CCN2c2ccc(C(F)(F)F)cc2N1. The summed E-state index contributed by atoms with van der Waals surface area (Å²) in [6.07, 6.45) is -4.31. The Labute approximate surface area is 121 Å². The maximum absolute atomic E-state index is 12.8. The number of hydrogen-bond donors (Lipinski definition) is 1. The molecule has 0 bridgehead atoms. The lowest BCUT2D eigenvalue weighted by molar-refractivity contribution is -0.137. The molecular weight excluding hydrogens is 305 g/mol. The number of fused-ring (bicyclic) bond motifs is 3. The average molecular weight is 318 g/mol. The second-order valence-corrected chi connectivity index (χ2v) is 6.76. The van der Waals surface area contributed by atoms with Gasteiger partial charge in [-0.25, -0.2) is 0 Å². The van der Waals surface area contributed by atoms with E-state index in [0.717, 1.165) is 12.1 Å². The van der Waals surface area contributed by atoms with Crippen molar-refractivity contribution in [3.05, 3.63) is 23.8 Å². The zero-order valence-corrected chi connectivity index (χ0v) is 11.8. The summed E-state index contributed by atoms with van der Waals surface area (Å²) >= 11 is 0. The van der Waals surface area contributed by atoms with E-state index >= 15 is 0 Å². The highest BCUT2D eigenvalue weighted by Gasteiger charge is 2.35. The third kappa shape index (κ3) is 2.76. The van der Waals surface area contributed by atoms with E-state index in [2.05, 4.69) is 5.32 Å². The predicted molar refractivity (Wildman–Crippen MR) is 73.7 cm³/mol. The molecule has 1 aromatic rings. The van der Waals surface area contributed by atoms with Crippen LogP contribution in [-0.2, 0) is 21.8 Å². The van der Waals surface area contributed by atoms with Crippen LogP contribution in [0.15, 0.2) is 18.2 Å². The molecule has 114 valence electrons. The van der Waals surface area contributed by atoms with Crippen LogP contribution in [0.25, 0.3) is 0 Å². The standard InChI is InChI=1S/C13H13F3N2O2S/c14-13(15,16)8-1-2-11-10(5-8)17-12(19)6-9-7-21(20)4-3-18(9)11/h1-2,5,9H,3-4,6-7H2,(H,17,19). The van der Waals surface area contributed by atoms with Crippen LogP contribution in [-0.4, -0.2) is 34.2 Å². The highest BCUT2D eigenvalue weighted by atomic mass is 32.2. The molecule has 1 aromatic carbocycles. The topological polar surface area (TPSA) is 49.4 Å². The fourth-order valence-corrected chi connectivity index (χ4v) is 4.03. The van der Waals surface area contributed by atoms with Crippen molar-refractivity contribution in [2.24, 2.45) is 0 Å². The minimum atomic E-state index is -4.45. The van der Waals surface area contributed by atoms with Crippen molar-refractivity contribution in [1.82, 2.24) is 0 Å². The van der Waals surface area contributed by atoms with Gasteiger partial charge in [0.05, 0.1) is 16.9 Å². The Morgan fingerprint density at radius 3 is 2.81 bits per heavy atom. The van der Waals surface area contributed by atoms with Crippen LogP contribution in [0.3, 0.4) is 0 Å². The van der Waals surface area contributed by atoms with Crippen molar-refractivity contribution in [3.63, 3.8) is 0 Å². The van der Waals surface area contributed by atoms with Gasteiger partial charge in [0.15, 0.2) is 0 Å². The zero-order valence-electron chi connectivity index (χ0n) is 10.9. The number of hydrogen-bond acceptors (Lipinski definition) is 3. The highest BCUT2D eigenvalue weighted by molar-refractivity contribution is 7.85. The molecule has 0 spiro atoms. The molecule has 8 heteroatoms. The summed E-state index contributed by atoms with van der Waals surface area (Å²) in [6, 6.07) is 3.13. The zero-order chi connectivity index (χ0) is 15.2. The molecule has 0 saturated carbocycles. The molecule has 2 unspecified atom stereocenters. The fraction of sp³-hybridized carbons (Fsp3) is 0.462. The number of carbonyl (C=O) groups excluding carboxylic acids is 1. The normalized spacial score (nSPS) is 25.7. The number of carbonyl (C=O) groups is 1. The maximum Gasteiger partial charge on any atom is 0.416 e. The van der Waals surface area contributed by atoms with Crippen molar-refractivity contribution in [1.29, 1.82) is 0 Å². The van der Waals surface area contributed by atoms with Crippen LogP contribution in [0.1, 0.15) is 12.0 Å². The molecule has 2 atom stereocenters. The summed E-state index contributed by atoms with van der Waals surface area (Å²) < 4.78 is 50.0. The van der Waals surface area contributed by atoms with E-state index in [4.69, 9.17) is 0 Å². The third-order valence-corrected chi connectivity index (χ3v) is 5.10. The van der Waals surface area contributed by atoms with Crippen molar-refractivity contribution in [3.8, 4) is 0 Å². The summed E-state index contributed by atoms with van der Waals surface area (Å²) in [5.74, 6) is 0.487. The van der Waals surface area contributed by atoms with Gasteiger partial charge in [-0.05, 0) is 18.2 Å². The second-order valence-electron chi connectivity index (χ2n) is 5.14. The number of alkyl halides is 3. The Kier molecular flexibility index (Phi) is 3.43. The van der Waals surface area contributed by atoms with Gasteiger partial charge in [0.25, 0.3) is 0 Å². The first-order valence-corrected chi connectivity index (χ1v) is 7.96. The van der Waals surface area contributed by atoms with Crippen LogP contribution in [0, 0.1) is 0 Å². The number of benzene rings is 1. The molecule has 0 radical (unpaired) electrons. The first-order chi connectivity index (χ1) is 9.84. The van der Waals surface area contributed by atoms with E-state index in [9.17, 15) is 22.2 Å². The number of anilines is 2. The monoisotopic (exact) mass is 318 g/mol. The maximum atomic E-state index is 12.8.